The van der Waals surface area contributed by atoms with Gasteiger partial charge in [-0.25, -0.2) is 8.78 Å². The van der Waals surface area contributed by atoms with Crippen LogP contribution in [0.3, 0.4) is 0 Å². The Balaban J connectivity index is 1.92. The summed E-state index contributed by atoms with van der Waals surface area (Å²) in [5.74, 6) is -1.29. The van der Waals surface area contributed by atoms with Gasteiger partial charge >= 0.3 is 6.18 Å². The van der Waals surface area contributed by atoms with Crippen molar-refractivity contribution in [3.05, 3.63) is 52.8 Å². The second-order valence-corrected chi connectivity index (χ2v) is 7.28. The molecule has 1 fully saturated rings. The monoisotopic (exact) mass is 415 g/mol. The highest BCUT2D eigenvalue weighted by Gasteiger charge is 2.38. The van der Waals surface area contributed by atoms with E-state index in [2.05, 4.69) is 10.4 Å². The van der Waals surface area contributed by atoms with Gasteiger partial charge in [-0.15, -0.1) is 0 Å². The van der Waals surface area contributed by atoms with Gasteiger partial charge in [-0.2, -0.15) is 18.3 Å². The average Bonchev–Trinajstić information content (AvgIpc) is 2.90. The van der Waals surface area contributed by atoms with Crippen molar-refractivity contribution in [2.24, 2.45) is 7.05 Å². The second kappa shape index (κ2) is 8.51. The first-order chi connectivity index (χ1) is 13.7. The van der Waals surface area contributed by atoms with Crippen LogP contribution in [0.25, 0.3) is 0 Å². The fourth-order valence-corrected chi connectivity index (χ4v) is 4.06. The van der Waals surface area contributed by atoms with Crippen molar-refractivity contribution in [1.82, 2.24) is 15.1 Å². The van der Waals surface area contributed by atoms with E-state index in [1.807, 2.05) is 0 Å². The molecule has 0 saturated heterocycles. The maximum absolute atomic E-state index is 13.5. The number of nitrogens with zero attached hydrogens (tertiary/aromatic N) is 2. The van der Waals surface area contributed by atoms with Gasteiger partial charge in [0, 0.05) is 19.0 Å². The molecule has 1 N–H and O–H groups in total. The molecule has 3 rings (SSSR count). The molecule has 1 aliphatic rings. The number of halogens is 5. The SMILES string of the molecule is Cn1ncc(C(=O)N[C@H]2CCCCC[C@@H]2c2ccccc2C(F)(F)F)c1C(F)F. The molecule has 1 aromatic carbocycles. The predicted molar refractivity (Wildman–Crippen MR) is 96.7 cm³/mol. The summed E-state index contributed by atoms with van der Waals surface area (Å²) >= 11 is 0. The van der Waals surface area contributed by atoms with Gasteiger partial charge in [-0.1, -0.05) is 37.5 Å². The summed E-state index contributed by atoms with van der Waals surface area (Å²) in [7, 11) is 1.31. The van der Waals surface area contributed by atoms with Crippen LogP contribution in [0.1, 0.15) is 71.6 Å². The maximum Gasteiger partial charge on any atom is 0.416 e. The average molecular weight is 415 g/mol. The van der Waals surface area contributed by atoms with Crippen molar-refractivity contribution in [2.45, 2.75) is 56.7 Å². The van der Waals surface area contributed by atoms with E-state index >= 15 is 0 Å². The molecule has 1 amide bonds. The van der Waals surface area contributed by atoms with Crippen LogP contribution in [0, 0.1) is 0 Å². The number of aryl methyl sites for hydroxylation is 1. The van der Waals surface area contributed by atoms with Crippen LogP contribution < -0.4 is 5.32 Å². The molecule has 0 aliphatic heterocycles. The van der Waals surface area contributed by atoms with Crippen LogP contribution >= 0.6 is 0 Å². The smallest absolute Gasteiger partial charge is 0.349 e. The molecule has 1 aliphatic carbocycles. The van der Waals surface area contributed by atoms with Crippen LogP contribution in [-0.4, -0.2) is 21.7 Å². The van der Waals surface area contributed by atoms with Gasteiger partial charge in [0.05, 0.1) is 17.3 Å². The molecule has 2 aromatic rings. The number of aromatic nitrogens is 2. The Morgan fingerprint density at radius 2 is 1.86 bits per heavy atom. The Bertz CT molecular complexity index is 862. The van der Waals surface area contributed by atoms with E-state index in [1.165, 1.54) is 19.2 Å². The number of carbonyl (C=O) groups is 1. The molecule has 0 radical (unpaired) electrons. The zero-order valence-corrected chi connectivity index (χ0v) is 15.8. The van der Waals surface area contributed by atoms with E-state index in [9.17, 15) is 26.7 Å². The van der Waals surface area contributed by atoms with Crippen LogP contribution in [0.15, 0.2) is 30.5 Å². The third-order valence-electron chi connectivity index (χ3n) is 5.43. The largest absolute Gasteiger partial charge is 0.416 e. The lowest BCUT2D eigenvalue weighted by Crippen LogP contribution is -2.39. The van der Waals surface area contributed by atoms with Gasteiger partial charge in [-0.3, -0.25) is 9.48 Å². The summed E-state index contributed by atoms with van der Waals surface area (Å²) < 4.78 is 68.1. The van der Waals surface area contributed by atoms with Crippen molar-refractivity contribution in [3.63, 3.8) is 0 Å². The van der Waals surface area contributed by atoms with E-state index in [4.69, 9.17) is 0 Å². The molecule has 1 saturated carbocycles. The van der Waals surface area contributed by atoms with Crippen molar-refractivity contribution >= 4 is 5.91 Å². The molecular formula is C20H22F5N3O. The molecule has 0 unspecified atom stereocenters. The van der Waals surface area contributed by atoms with E-state index in [-0.39, 0.29) is 11.1 Å². The number of alkyl halides is 5. The molecule has 2 atom stereocenters. The molecular weight excluding hydrogens is 393 g/mol. The van der Waals surface area contributed by atoms with Crippen molar-refractivity contribution < 1.29 is 26.7 Å². The van der Waals surface area contributed by atoms with Crippen LogP contribution in [-0.2, 0) is 13.2 Å². The predicted octanol–water partition coefficient (Wildman–Crippen LogP) is 5.22. The lowest BCUT2D eigenvalue weighted by molar-refractivity contribution is -0.138. The number of carbonyl (C=O) groups excluding carboxylic acids is 1. The summed E-state index contributed by atoms with van der Waals surface area (Å²) in [6.45, 7) is 0. The lowest BCUT2D eigenvalue weighted by Gasteiger charge is -2.29. The molecule has 4 nitrogen and oxygen atoms in total. The van der Waals surface area contributed by atoms with E-state index in [0.29, 0.717) is 12.8 Å². The van der Waals surface area contributed by atoms with Gasteiger partial charge in [0.1, 0.15) is 5.69 Å². The number of benzene rings is 1. The van der Waals surface area contributed by atoms with Gasteiger partial charge in [-0.05, 0) is 24.5 Å². The highest BCUT2D eigenvalue weighted by Crippen LogP contribution is 2.40. The fourth-order valence-electron chi connectivity index (χ4n) is 4.06. The first-order valence-corrected chi connectivity index (χ1v) is 9.47. The van der Waals surface area contributed by atoms with E-state index in [0.717, 1.165) is 36.2 Å². The Labute approximate surface area is 165 Å². The number of nitrogens with one attached hydrogen (secondary N) is 1. The lowest BCUT2D eigenvalue weighted by atomic mass is 9.84. The highest BCUT2D eigenvalue weighted by atomic mass is 19.4. The summed E-state index contributed by atoms with van der Waals surface area (Å²) in [6.07, 6.45) is -3.07. The Morgan fingerprint density at radius 3 is 2.55 bits per heavy atom. The zero-order chi connectivity index (χ0) is 21.2. The number of hydrogen-bond acceptors (Lipinski definition) is 2. The zero-order valence-electron chi connectivity index (χ0n) is 15.8. The number of amides is 1. The third kappa shape index (κ3) is 4.59. The highest BCUT2D eigenvalue weighted by molar-refractivity contribution is 5.95. The normalized spacial score (nSPS) is 20.5. The fraction of sp³-hybridized carbons (Fsp3) is 0.500. The first-order valence-electron chi connectivity index (χ1n) is 9.47. The molecule has 0 spiro atoms. The third-order valence-corrected chi connectivity index (χ3v) is 5.43. The van der Waals surface area contributed by atoms with Crippen LogP contribution in [0.4, 0.5) is 22.0 Å². The molecule has 0 bridgehead atoms. The molecule has 1 heterocycles. The minimum absolute atomic E-state index is 0.132. The summed E-state index contributed by atoms with van der Waals surface area (Å²) in [4.78, 5) is 12.7. The second-order valence-electron chi connectivity index (χ2n) is 7.28. The standard InChI is InChI=1S/C20H22F5N3O/c1-28-17(18(21)22)14(11-26-28)19(29)27-16-10-4-2-3-8-13(16)12-7-5-6-9-15(12)20(23,24)25/h5-7,9,11,13,16,18H,2-4,8,10H2,1H3,(H,27,29)/t13-,16+/m1/s1. The number of hydrogen-bond donors (Lipinski definition) is 1. The number of rotatable bonds is 4. The summed E-state index contributed by atoms with van der Waals surface area (Å²) in [5, 5.41) is 6.44. The molecule has 158 valence electrons. The minimum Gasteiger partial charge on any atom is -0.349 e. The Kier molecular flexibility index (Phi) is 6.24. The topological polar surface area (TPSA) is 46.9 Å². The van der Waals surface area contributed by atoms with Crippen molar-refractivity contribution in [3.8, 4) is 0 Å². The maximum atomic E-state index is 13.5. The first kappa shape index (κ1) is 21.3. The minimum atomic E-state index is -4.51. The van der Waals surface area contributed by atoms with Gasteiger partial charge < -0.3 is 5.32 Å². The Morgan fingerprint density at radius 1 is 1.17 bits per heavy atom. The van der Waals surface area contributed by atoms with Crippen molar-refractivity contribution in [1.29, 1.82) is 0 Å². The quantitative estimate of drug-likeness (QED) is 0.550. The molecule has 29 heavy (non-hydrogen) atoms. The van der Waals surface area contributed by atoms with Gasteiger partial charge in [0.25, 0.3) is 12.3 Å². The van der Waals surface area contributed by atoms with E-state index < -0.39 is 41.7 Å². The van der Waals surface area contributed by atoms with Crippen LogP contribution in [0.2, 0.25) is 0 Å². The summed E-state index contributed by atoms with van der Waals surface area (Å²) in [5.41, 5.74) is -1.36. The van der Waals surface area contributed by atoms with Crippen LogP contribution in [0.5, 0.6) is 0 Å². The van der Waals surface area contributed by atoms with E-state index in [1.54, 1.807) is 6.07 Å². The Hall–Kier alpha value is -2.45. The molecule has 1 aromatic heterocycles. The summed E-state index contributed by atoms with van der Waals surface area (Å²) in [6, 6.07) is 4.77. The van der Waals surface area contributed by atoms with Gasteiger partial charge in [0.2, 0.25) is 0 Å². The van der Waals surface area contributed by atoms with Gasteiger partial charge in [0.15, 0.2) is 0 Å². The molecule has 9 heteroatoms. The van der Waals surface area contributed by atoms with Crippen molar-refractivity contribution in [2.75, 3.05) is 0 Å².